The van der Waals surface area contributed by atoms with Crippen molar-refractivity contribution in [2.45, 2.75) is 64.7 Å². The third-order valence-electron chi connectivity index (χ3n) is 4.57. The van der Waals surface area contributed by atoms with Gasteiger partial charge in [0.1, 0.15) is 10.7 Å². The number of aromatic nitrogens is 2. The molecule has 3 rings (SSSR count). The van der Waals surface area contributed by atoms with Crippen molar-refractivity contribution in [1.29, 1.82) is 0 Å². The summed E-state index contributed by atoms with van der Waals surface area (Å²) in [6.45, 7) is 2.87. The maximum atomic E-state index is 12.4. The Morgan fingerprint density at radius 1 is 1.29 bits per heavy atom. The van der Waals surface area contributed by atoms with E-state index in [0.717, 1.165) is 55.3 Å². The van der Waals surface area contributed by atoms with E-state index in [-0.39, 0.29) is 11.5 Å². The van der Waals surface area contributed by atoms with Crippen LogP contribution in [0.4, 0.5) is 0 Å². The monoisotopic (exact) mass is 347 g/mol. The molecule has 2 aromatic heterocycles. The molecule has 0 radical (unpaired) electrons. The summed E-state index contributed by atoms with van der Waals surface area (Å²) >= 11 is 1.65. The highest BCUT2D eigenvalue weighted by atomic mass is 32.1. The molecule has 2 heterocycles. The van der Waals surface area contributed by atoms with Gasteiger partial charge in [0.25, 0.3) is 5.56 Å². The van der Waals surface area contributed by atoms with E-state index in [1.807, 2.05) is 0 Å². The molecule has 5 nitrogen and oxygen atoms in total. The fraction of sp³-hybridized carbons (Fsp3) is 0.611. The first kappa shape index (κ1) is 17.1. The summed E-state index contributed by atoms with van der Waals surface area (Å²) in [5, 5.41) is 3.70. The number of unbranched alkanes of at least 4 members (excludes halogenated alkanes) is 2. The van der Waals surface area contributed by atoms with Crippen LogP contribution in [0.2, 0.25) is 0 Å². The molecule has 1 amide bonds. The Morgan fingerprint density at radius 2 is 2.12 bits per heavy atom. The molecular weight excluding hydrogens is 322 g/mol. The lowest BCUT2D eigenvalue weighted by molar-refractivity contribution is -0.121. The third-order valence-corrected chi connectivity index (χ3v) is 5.75. The van der Waals surface area contributed by atoms with Gasteiger partial charge >= 0.3 is 0 Å². The normalized spacial score (nSPS) is 13.9. The fourth-order valence-electron chi connectivity index (χ4n) is 3.25. The van der Waals surface area contributed by atoms with Crippen LogP contribution in [0.5, 0.6) is 0 Å². The SMILES string of the molecule is CCCCCNC(=O)CCc1nc2sc3c(c2c(=O)[nH]1)CCCC3. The van der Waals surface area contributed by atoms with Gasteiger partial charge in [-0.3, -0.25) is 9.59 Å². The van der Waals surface area contributed by atoms with Crippen LogP contribution in [-0.2, 0) is 24.1 Å². The number of hydrogen-bond acceptors (Lipinski definition) is 4. The highest BCUT2D eigenvalue weighted by Crippen LogP contribution is 2.33. The fourth-order valence-corrected chi connectivity index (χ4v) is 4.53. The topological polar surface area (TPSA) is 74.8 Å². The van der Waals surface area contributed by atoms with E-state index in [0.29, 0.717) is 18.7 Å². The summed E-state index contributed by atoms with van der Waals surface area (Å²) in [7, 11) is 0. The number of thiophene rings is 1. The van der Waals surface area contributed by atoms with Gasteiger partial charge in [0, 0.05) is 24.3 Å². The quantitative estimate of drug-likeness (QED) is 0.756. The molecule has 6 heteroatoms. The van der Waals surface area contributed by atoms with Crippen LogP contribution in [-0.4, -0.2) is 22.4 Å². The van der Waals surface area contributed by atoms with Crippen molar-refractivity contribution < 1.29 is 4.79 Å². The summed E-state index contributed by atoms with van der Waals surface area (Å²) in [5.41, 5.74) is 1.16. The zero-order valence-electron chi connectivity index (χ0n) is 14.2. The second-order valence-corrected chi connectivity index (χ2v) is 7.54. The molecule has 0 fully saturated rings. The van der Waals surface area contributed by atoms with Gasteiger partial charge in [-0.1, -0.05) is 19.8 Å². The average molecular weight is 347 g/mol. The van der Waals surface area contributed by atoms with E-state index in [4.69, 9.17) is 0 Å². The van der Waals surface area contributed by atoms with E-state index >= 15 is 0 Å². The number of carbonyl (C=O) groups excluding carboxylic acids is 1. The maximum Gasteiger partial charge on any atom is 0.259 e. The van der Waals surface area contributed by atoms with Crippen LogP contribution in [0.3, 0.4) is 0 Å². The molecule has 1 aliphatic carbocycles. The second-order valence-electron chi connectivity index (χ2n) is 6.46. The van der Waals surface area contributed by atoms with Gasteiger partial charge in [-0.05, 0) is 37.7 Å². The van der Waals surface area contributed by atoms with Crippen molar-refractivity contribution >= 4 is 27.5 Å². The summed E-state index contributed by atoms with van der Waals surface area (Å²) in [4.78, 5) is 33.9. The zero-order chi connectivity index (χ0) is 16.9. The largest absolute Gasteiger partial charge is 0.356 e. The Morgan fingerprint density at radius 3 is 2.96 bits per heavy atom. The maximum absolute atomic E-state index is 12.4. The molecule has 0 aromatic carbocycles. The summed E-state index contributed by atoms with van der Waals surface area (Å²) < 4.78 is 0. The molecule has 0 saturated carbocycles. The van der Waals surface area contributed by atoms with Crippen molar-refractivity contribution in [2.75, 3.05) is 6.54 Å². The molecule has 0 aliphatic heterocycles. The number of rotatable bonds is 7. The highest BCUT2D eigenvalue weighted by molar-refractivity contribution is 7.18. The molecular formula is C18H25N3O2S. The zero-order valence-corrected chi connectivity index (χ0v) is 15.1. The van der Waals surface area contributed by atoms with Gasteiger partial charge in [0.05, 0.1) is 5.39 Å². The molecule has 1 aliphatic rings. The van der Waals surface area contributed by atoms with E-state index in [1.165, 1.54) is 16.9 Å². The first-order valence-corrected chi connectivity index (χ1v) is 9.81. The molecule has 0 unspecified atom stereocenters. The number of carbonyl (C=O) groups is 1. The van der Waals surface area contributed by atoms with Crippen molar-refractivity contribution in [3.05, 3.63) is 26.6 Å². The van der Waals surface area contributed by atoms with Gasteiger partial charge in [-0.2, -0.15) is 0 Å². The van der Waals surface area contributed by atoms with Crippen molar-refractivity contribution in [2.24, 2.45) is 0 Å². The van der Waals surface area contributed by atoms with Crippen LogP contribution in [0.25, 0.3) is 10.2 Å². The summed E-state index contributed by atoms with van der Waals surface area (Å²) in [6.07, 6.45) is 8.54. The van der Waals surface area contributed by atoms with Gasteiger partial charge < -0.3 is 10.3 Å². The molecule has 0 saturated heterocycles. The first-order valence-electron chi connectivity index (χ1n) is 8.99. The minimum atomic E-state index is -0.0437. The Labute approximate surface area is 145 Å². The smallest absolute Gasteiger partial charge is 0.259 e. The summed E-state index contributed by atoms with van der Waals surface area (Å²) in [5.74, 6) is 0.647. The van der Waals surface area contributed by atoms with E-state index in [2.05, 4.69) is 22.2 Å². The van der Waals surface area contributed by atoms with E-state index in [9.17, 15) is 9.59 Å². The highest BCUT2D eigenvalue weighted by Gasteiger charge is 2.19. The van der Waals surface area contributed by atoms with Gasteiger partial charge in [0.2, 0.25) is 5.91 Å². The Bertz CT molecular complexity index is 778. The number of H-pyrrole nitrogens is 1. The van der Waals surface area contributed by atoms with Gasteiger partial charge in [-0.15, -0.1) is 11.3 Å². The second kappa shape index (κ2) is 7.92. The number of fused-ring (bicyclic) bond motifs is 3. The van der Waals surface area contributed by atoms with Crippen molar-refractivity contribution in [3.8, 4) is 0 Å². The third kappa shape index (κ3) is 3.86. The number of aromatic amines is 1. The number of nitrogens with one attached hydrogen (secondary N) is 2. The molecule has 0 spiro atoms. The predicted octanol–water partition coefficient (Wildman–Crippen LogP) is 3.10. The molecule has 2 N–H and O–H groups in total. The first-order chi connectivity index (χ1) is 11.7. The van der Waals surface area contributed by atoms with Crippen molar-refractivity contribution in [3.63, 3.8) is 0 Å². The lowest BCUT2D eigenvalue weighted by Gasteiger charge is -2.09. The number of hydrogen-bond donors (Lipinski definition) is 2. The average Bonchev–Trinajstić information content (AvgIpc) is 2.95. The predicted molar refractivity (Wildman–Crippen MR) is 97.7 cm³/mol. The van der Waals surface area contributed by atoms with Crippen LogP contribution in [0.1, 0.15) is 61.7 Å². The van der Waals surface area contributed by atoms with Crippen LogP contribution < -0.4 is 10.9 Å². The Kier molecular flexibility index (Phi) is 5.66. The van der Waals surface area contributed by atoms with Crippen LogP contribution in [0.15, 0.2) is 4.79 Å². The number of amides is 1. The minimum Gasteiger partial charge on any atom is -0.356 e. The molecule has 0 atom stereocenters. The van der Waals surface area contributed by atoms with Crippen LogP contribution in [0, 0.1) is 0 Å². The number of aryl methyl sites for hydroxylation is 3. The Hall–Kier alpha value is -1.69. The molecule has 130 valence electrons. The standard InChI is InChI=1S/C18H25N3O2S/c1-2-3-6-11-19-15(22)10-9-14-20-17(23)16-12-7-4-5-8-13(12)24-18(16)21-14/h2-11H2,1H3,(H,19,22)(H,20,21,23). The summed E-state index contributed by atoms with van der Waals surface area (Å²) in [6, 6.07) is 0. The molecule has 24 heavy (non-hydrogen) atoms. The lowest BCUT2D eigenvalue weighted by Crippen LogP contribution is -2.25. The van der Waals surface area contributed by atoms with Gasteiger partial charge in [-0.25, -0.2) is 4.98 Å². The van der Waals surface area contributed by atoms with Crippen molar-refractivity contribution in [1.82, 2.24) is 15.3 Å². The van der Waals surface area contributed by atoms with E-state index < -0.39 is 0 Å². The van der Waals surface area contributed by atoms with E-state index in [1.54, 1.807) is 11.3 Å². The molecule has 0 bridgehead atoms. The lowest BCUT2D eigenvalue weighted by atomic mass is 9.97. The number of nitrogens with zero attached hydrogens (tertiary/aromatic N) is 1. The minimum absolute atomic E-state index is 0.0272. The molecule has 2 aromatic rings. The van der Waals surface area contributed by atoms with Gasteiger partial charge in [0.15, 0.2) is 0 Å². The van der Waals surface area contributed by atoms with Crippen LogP contribution >= 0.6 is 11.3 Å². The Balaban J connectivity index is 1.65.